The van der Waals surface area contributed by atoms with E-state index in [9.17, 15) is 4.39 Å². The molecule has 0 aliphatic carbocycles. The Labute approximate surface area is 194 Å². The first-order valence-corrected chi connectivity index (χ1v) is 11.3. The van der Waals surface area contributed by atoms with Crippen LogP contribution in [-0.2, 0) is 4.74 Å². The van der Waals surface area contributed by atoms with E-state index in [1.165, 1.54) is 21.1 Å². The lowest BCUT2D eigenvalue weighted by molar-refractivity contribution is 0.0668. The first-order chi connectivity index (χ1) is 15.2. The van der Waals surface area contributed by atoms with Gasteiger partial charge in [0.25, 0.3) is 0 Å². The number of morpholine rings is 1. The summed E-state index contributed by atoms with van der Waals surface area (Å²) in [5, 5.41) is 1.18. The number of hydrogen-bond donors (Lipinski definition) is 0. The second-order valence-corrected chi connectivity index (χ2v) is 8.45. The number of fused-ring (bicyclic) bond motifs is 1. The quantitative estimate of drug-likeness (QED) is 0.185. The number of aromatic nitrogens is 1. The number of benzene rings is 3. The molecule has 156 valence electrons. The van der Waals surface area contributed by atoms with Crippen molar-refractivity contribution in [3.63, 3.8) is 0 Å². The maximum Gasteiger partial charge on any atom is 0.211 e. The van der Waals surface area contributed by atoms with Crippen LogP contribution in [0.1, 0.15) is 0 Å². The van der Waals surface area contributed by atoms with Crippen LogP contribution in [-0.4, -0.2) is 41.7 Å². The Morgan fingerprint density at radius 3 is 2.29 bits per heavy atom. The summed E-state index contributed by atoms with van der Waals surface area (Å²) in [6, 6.07) is 25.1. The van der Waals surface area contributed by atoms with E-state index in [4.69, 9.17) is 9.73 Å². The molecule has 1 aliphatic rings. The molecule has 6 heteroatoms. The molecule has 5 rings (SSSR count). The summed E-state index contributed by atoms with van der Waals surface area (Å²) >= 11 is 2.43. The fraction of sp³-hybridized carbons (Fsp3) is 0.160. The Morgan fingerprint density at radius 2 is 1.55 bits per heavy atom. The van der Waals surface area contributed by atoms with Gasteiger partial charge in [-0.05, 0) is 58.5 Å². The van der Waals surface area contributed by atoms with Crippen molar-refractivity contribution in [3.8, 4) is 11.3 Å². The predicted octanol–water partition coefficient (Wildman–Crippen LogP) is 5.92. The first kappa shape index (κ1) is 20.2. The molecule has 1 aliphatic heterocycles. The summed E-state index contributed by atoms with van der Waals surface area (Å²) < 4.78 is 22.5. The van der Waals surface area contributed by atoms with Crippen LogP contribution < -0.4 is 0 Å². The summed E-state index contributed by atoms with van der Waals surface area (Å²) in [6.45, 7) is 2.80. The van der Waals surface area contributed by atoms with Gasteiger partial charge >= 0.3 is 0 Å². The summed E-state index contributed by atoms with van der Waals surface area (Å²) in [6.07, 6.45) is 0. The molecule has 1 fully saturated rings. The smallest absolute Gasteiger partial charge is 0.211 e. The van der Waals surface area contributed by atoms with Crippen molar-refractivity contribution < 1.29 is 9.13 Å². The van der Waals surface area contributed by atoms with Crippen LogP contribution in [0.5, 0.6) is 0 Å². The van der Waals surface area contributed by atoms with Crippen molar-refractivity contribution in [3.05, 3.63) is 88.3 Å². The number of ether oxygens (including phenoxy) is 1. The number of halogens is 2. The summed E-state index contributed by atoms with van der Waals surface area (Å²) in [5.41, 5.74) is 4.05. The number of hydrogen-bond acceptors (Lipinski definition) is 2. The van der Waals surface area contributed by atoms with E-state index in [0.717, 1.165) is 41.5 Å². The molecule has 4 aromatic rings. The molecule has 1 saturated heterocycles. The van der Waals surface area contributed by atoms with Gasteiger partial charge in [0.05, 0.1) is 30.1 Å². The van der Waals surface area contributed by atoms with Gasteiger partial charge in [-0.2, -0.15) is 0 Å². The van der Waals surface area contributed by atoms with Crippen LogP contribution in [0.4, 0.5) is 10.1 Å². The molecular formula is C25H21FIN3O. The lowest BCUT2D eigenvalue weighted by atomic mass is 10.1. The molecule has 0 amide bonds. The molecule has 0 saturated carbocycles. The van der Waals surface area contributed by atoms with Gasteiger partial charge < -0.3 is 9.64 Å². The third-order valence-electron chi connectivity index (χ3n) is 5.41. The maximum atomic E-state index is 13.5. The average molecular weight is 525 g/mol. The second kappa shape index (κ2) is 8.80. The molecule has 0 radical (unpaired) electrons. The first-order valence-electron chi connectivity index (χ1n) is 10.2. The van der Waals surface area contributed by atoms with Crippen LogP contribution in [0.25, 0.3) is 22.2 Å². The molecule has 0 unspecified atom stereocenters. The lowest BCUT2D eigenvalue weighted by Gasteiger charge is -2.31. The molecule has 0 atom stereocenters. The van der Waals surface area contributed by atoms with Gasteiger partial charge in [0.2, 0.25) is 5.96 Å². The third-order valence-corrected chi connectivity index (χ3v) is 6.50. The zero-order chi connectivity index (χ0) is 21.2. The maximum absolute atomic E-state index is 13.5. The molecule has 2 heterocycles. The van der Waals surface area contributed by atoms with E-state index in [-0.39, 0.29) is 5.82 Å². The van der Waals surface area contributed by atoms with E-state index in [1.54, 1.807) is 12.1 Å². The molecule has 31 heavy (non-hydrogen) atoms. The fourth-order valence-electron chi connectivity index (χ4n) is 3.92. The molecule has 4 nitrogen and oxygen atoms in total. The molecule has 0 N–H and O–H groups in total. The van der Waals surface area contributed by atoms with Gasteiger partial charge in [-0.1, -0.05) is 48.5 Å². The standard InChI is InChI=1S/C25H21FIN3O/c26-19-10-12-20(13-11-19)28-25(29-14-16-31-17-15-29)30-22-9-5-4-8-21(22)23(27)24(30)18-6-2-1-3-7-18/h1-13H,14-17H2. The normalized spacial score (nSPS) is 14.9. The average Bonchev–Trinajstić information content (AvgIpc) is 3.12. The Hall–Kier alpha value is -2.71. The highest BCUT2D eigenvalue weighted by Gasteiger charge is 2.25. The van der Waals surface area contributed by atoms with Crippen molar-refractivity contribution in [2.45, 2.75) is 0 Å². The minimum absolute atomic E-state index is 0.266. The molecule has 1 aromatic heterocycles. The summed E-state index contributed by atoms with van der Waals surface area (Å²) in [5.74, 6) is 0.561. The predicted molar refractivity (Wildman–Crippen MR) is 131 cm³/mol. The van der Waals surface area contributed by atoms with Crippen molar-refractivity contribution >= 4 is 45.1 Å². The van der Waals surface area contributed by atoms with E-state index in [0.29, 0.717) is 13.2 Å². The molecular weight excluding hydrogens is 504 g/mol. The Kier molecular flexibility index (Phi) is 5.74. The van der Waals surface area contributed by atoms with E-state index in [1.807, 2.05) is 6.07 Å². The largest absolute Gasteiger partial charge is 0.378 e. The van der Waals surface area contributed by atoms with Crippen molar-refractivity contribution in [2.75, 3.05) is 26.3 Å². The SMILES string of the molecule is Fc1ccc(N=C(N2CCOCC2)n2c(-c3ccccc3)c(I)c3ccccc32)cc1. The van der Waals surface area contributed by atoms with Gasteiger partial charge in [-0.3, -0.25) is 4.57 Å². The van der Waals surface area contributed by atoms with Gasteiger partial charge in [0, 0.05) is 22.0 Å². The van der Waals surface area contributed by atoms with Crippen LogP contribution in [0, 0.1) is 9.39 Å². The van der Waals surface area contributed by atoms with Crippen LogP contribution in [0.3, 0.4) is 0 Å². The van der Waals surface area contributed by atoms with E-state index < -0.39 is 0 Å². The van der Waals surface area contributed by atoms with E-state index in [2.05, 4.69) is 80.6 Å². The monoisotopic (exact) mass is 525 g/mol. The van der Waals surface area contributed by atoms with Crippen molar-refractivity contribution in [2.24, 2.45) is 4.99 Å². The highest BCUT2D eigenvalue weighted by molar-refractivity contribution is 14.1. The number of nitrogens with zero attached hydrogens (tertiary/aromatic N) is 3. The van der Waals surface area contributed by atoms with E-state index >= 15 is 0 Å². The van der Waals surface area contributed by atoms with Crippen LogP contribution in [0.15, 0.2) is 83.9 Å². The van der Waals surface area contributed by atoms with Crippen LogP contribution in [0.2, 0.25) is 0 Å². The zero-order valence-corrected chi connectivity index (χ0v) is 19.0. The molecule has 0 bridgehead atoms. The van der Waals surface area contributed by atoms with Gasteiger partial charge in [-0.15, -0.1) is 0 Å². The summed E-state index contributed by atoms with van der Waals surface area (Å²) in [7, 11) is 0. The highest BCUT2D eigenvalue weighted by Crippen LogP contribution is 2.35. The Balaban J connectivity index is 1.79. The fourth-order valence-corrected chi connectivity index (χ4v) is 4.93. The zero-order valence-electron chi connectivity index (χ0n) is 16.8. The Bertz CT molecular complexity index is 1230. The topological polar surface area (TPSA) is 29.8 Å². The second-order valence-electron chi connectivity index (χ2n) is 7.37. The van der Waals surface area contributed by atoms with Crippen molar-refractivity contribution in [1.82, 2.24) is 9.47 Å². The van der Waals surface area contributed by atoms with Gasteiger partial charge in [0.15, 0.2) is 0 Å². The van der Waals surface area contributed by atoms with Gasteiger partial charge in [0.1, 0.15) is 5.82 Å². The van der Waals surface area contributed by atoms with Gasteiger partial charge in [-0.25, -0.2) is 9.38 Å². The minimum Gasteiger partial charge on any atom is -0.378 e. The third kappa shape index (κ3) is 3.97. The number of aliphatic imine (C=N–C) groups is 1. The Morgan fingerprint density at radius 1 is 0.871 bits per heavy atom. The molecule has 3 aromatic carbocycles. The number of para-hydroxylation sites is 1. The molecule has 0 spiro atoms. The summed E-state index contributed by atoms with van der Waals surface area (Å²) in [4.78, 5) is 7.28. The minimum atomic E-state index is -0.266. The number of rotatable bonds is 2. The van der Waals surface area contributed by atoms with Crippen molar-refractivity contribution in [1.29, 1.82) is 0 Å². The lowest BCUT2D eigenvalue weighted by Crippen LogP contribution is -2.44. The van der Waals surface area contributed by atoms with Crippen LogP contribution >= 0.6 is 22.6 Å². The highest BCUT2D eigenvalue weighted by atomic mass is 127.